The van der Waals surface area contributed by atoms with Crippen LogP contribution in [0.4, 0.5) is 5.69 Å². The summed E-state index contributed by atoms with van der Waals surface area (Å²) in [5.74, 6) is -1.94. The molecular weight excluding hydrogens is 336 g/mol. The van der Waals surface area contributed by atoms with Crippen LogP contribution in [0.3, 0.4) is 0 Å². The van der Waals surface area contributed by atoms with Gasteiger partial charge in [0.15, 0.2) is 0 Å². The van der Waals surface area contributed by atoms with Crippen LogP contribution in [0.2, 0.25) is 0 Å². The third kappa shape index (κ3) is 6.17. The monoisotopic (exact) mass is 358 g/mol. The van der Waals surface area contributed by atoms with E-state index < -0.39 is 27.9 Å². The number of hydrogen-bond donors (Lipinski definition) is 3. The second-order valence-electron chi connectivity index (χ2n) is 5.11. The van der Waals surface area contributed by atoms with E-state index in [1.54, 1.807) is 19.1 Å². The Morgan fingerprint density at radius 1 is 1.29 bits per heavy atom. The van der Waals surface area contributed by atoms with Gasteiger partial charge in [-0.2, -0.15) is 0 Å². The average Bonchev–Trinajstić information content (AvgIpc) is 2.50. The van der Waals surface area contributed by atoms with Gasteiger partial charge in [0.05, 0.1) is 17.0 Å². The quantitative estimate of drug-likeness (QED) is 0.575. The minimum Gasteiger partial charge on any atom is -0.480 e. The van der Waals surface area contributed by atoms with E-state index in [0.29, 0.717) is 6.42 Å². The van der Waals surface area contributed by atoms with E-state index in [2.05, 4.69) is 10.0 Å². The zero-order chi connectivity index (χ0) is 18.2. The van der Waals surface area contributed by atoms with E-state index in [9.17, 15) is 18.0 Å². The number of amides is 1. The average molecular weight is 358 g/mol. The molecule has 0 fully saturated rings. The van der Waals surface area contributed by atoms with E-state index in [0.717, 1.165) is 0 Å². The lowest BCUT2D eigenvalue weighted by molar-refractivity contribution is -0.139. The van der Waals surface area contributed by atoms with E-state index in [1.165, 1.54) is 19.2 Å². The number of ether oxygens (including phenoxy) is 1. The molecule has 0 heterocycles. The summed E-state index contributed by atoms with van der Waals surface area (Å²) in [6, 6.07) is 4.90. The number of para-hydroxylation sites is 1. The van der Waals surface area contributed by atoms with Crippen molar-refractivity contribution in [2.45, 2.75) is 25.8 Å². The highest BCUT2D eigenvalue weighted by molar-refractivity contribution is 7.92. The first kappa shape index (κ1) is 19.9. The summed E-state index contributed by atoms with van der Waals surface area (Å²) in [7, 11) is -2.14. The number of nitrogens with one attached hydrogen (secondary N) is 2. The van der Waals surface area contributed by atoms with Gasteiger partial charge in [0.25, 0.3) is 5.91 Å². The maximum atomic E-state index is 12.3. The predicted octanol–water partition coefficient (Wildman–Crippen LogP) is 1.06. The first-order chi connectivity index (χ1) is 11.3. The van der Waals surface area contributed by atoms with Crippen LogP contribution < -0.4 is 10.0 Å². The van der Waals surface area contributed by atoms with E-state index >= 15 is 0 Å². The number of benzene rings is 1. The number of carboxylic acid groups (broad SMARTS) is 1. The van der Waals surface area contributed by atoms with Gasteiger partial charge >= 0.3 is 5.97 Å². The van der Waals surface area contributed by atoms with Gasteiger partial charge in [-0.25, -0.2) is 13.2 Å². The molecule has 1 amide bonds. The van der Waals surface area contributed by atoms with Crippen LogP contribution in [0, 0.1) is 0 Å². The van der Waals surface area contributed by atoms with E-state index in [1.807, 2.05) is 0 Å². The van der Waals surface area contributed by atoms with Crippen molar-refractivity contribution < 1.29 is 27.9 Å². The number of carbonyl (C=O) groups excluding carboxylic acids is 1. The Balaban J connectivity index is 2.96. The summed E-state index contributed by atoms with van der Waals surface area (Å²) >= 11 is 0. The minimum atomic E-state index is -3.57. The van der Waals surface area contributed by atoms with Gasteiger partial charge < -0.3 is 15.2 Å². The minimum absolute atomic E-state index is 0.0563. The fourth-order valence-electron chi connectivity index (χ4n) is 1.99. The molecule has 1 aromatic carbocycles. The smallest absolute Gasteiger partial charge is 0.326 e. The first-order valence-corrected chi connectivity index (χ1v) is 9.08. The van der Waals surface area contributed by atoms with Crippen molar-refractivity contribution in [1.29, 1.82) is 0 Å². The highest BCUT2D eigenvalue weighted by Crippen LogP contribution is 2.17. The van der Waals surface area contributed by atoms with Crippen LogP contribution in [-0.2, 0) is 19.6 Å². The normalized spacial score (nSPS) is 12.4. The Bertz CT molecular complexity index is 674. The van der Waals surface area contributed by atoms with Crippen molar-refractivity contribution in [3.8, 4) is 0 Å². The van der Waals surface area contributed by atoms with Crippen LogP contribution in [0.25, 0.3) is 0 Å². The molecule has 134 valence electrons. The zero-order valence-electron chi connectivity index (χ0n) is 13.6. The summed E-state index contributed by atoms with van der Waals surface area (Å²) < 4.78 is 31.0. The lowest BCUT2D eigenvalue weighted by atomic mass is 10.1. The van der Waals surface area contributed by atoms with E-state index in [-0.39, 0.29) is 30.0 Å². The molecular formula is C15H22N2O6S. The van der Waals surface area contributed by atoms with Gasteiger partial charge in [-0.05, 0) is 18.6 Å². The predicted molar refractivity (Wildman–Crippen MR) is 89.5 cm³/mol. The Kier molecular flexibility index (Phi) is 7.66. The van der Waals surface area contributed by atoms with Crippen molar-refractivity contribution in [3.63, 3.8) is 0 Å². The number of carboxylic acids is 1. The Labute approximate surface area is 141 Å². The second kappa shape index (κ2) is 9.24. The molecule has 0 aliphatic heterocycles. The van der Waals surface area contributed by atoms with E-state index in [4.69, 9.17) is 9.84 Å². The Hall–Kier alpha value is -2.13. The summed E-state index contributed by atoms with van der Waals surface area (Å²) in [5.41, 5.74) is 0.167. The molecule has 0 radical (unpaired) electrons. The maximum Gasteiger partial charge on any atom is 0.326 e. The summed E-state index contributed by atoms with van der Waals surface area (Å²) in [6.07, 6.45) is 0.531. The SMILES string of the molecule is CCCS(=O)(=O)Nc1ccccc1C(=O)NC(CCOC)C(=O)O. The summed E-state index contributed by atoms with van der Waals surface area (Å²) in [4.78, 5) is 23.5. The van der Waals surface area contributed by atoms with Crippen molar-refractivity contribution in [3.05, 3.63) is 29.8 Å². The third-order valence-electron chi connectivity index (χ3n) is 3.12. The molecule has 1 rings (SSSR count). The number of carbonyl (C=O) groups is 2. The van der Waals surface area contributed by atoms with Crippen LogP contribution >= 0.6 is 0 Å². The van der Waals surface area contributed by atoms with Crippen LogP contribution in [0.15, 0.2) is 24.3 Å². The molecule has 0 aromatic heterocycles. The molecule has 0 spiro atoms. The number of sulfonamides is 1. The molecule has 0 saturated carbocycles. The number of methoxy groups -OCH3 is 1. The second-order valence-corrected chi connectivity index (χ2v) is 6.95. The van der Waals surface area contributed by atoms with Crippen LogP contribution in [-0.4, -0.2) is 50.9 Å². The molecule has 8 nitrogen and oxygen atoms in total. The van der Waals surface area contributed by atoms with Gasteiger partial charge in [0.2, 0.25) is 10.0 Å². The molecule has 1 aromatic rings. The molecule has 3 N–H and O–H groups in total. The highest BCUT2D eigenvalue weighted by Gasteiger charge is 2.22. The van der Waals surface area contributed by atoms with Crippen molar-refractivity contribution in [1.82, 2.24) is 5.32 Å². The standard InChI is InChI=1S/C15H22N2O6S/c1-3-10-24(21,22)17-12-7-5-4-6-11(12)14(18)16-13(15(19)20)8-9-23-2/h4-7,13,17H,3,8-10H2,1-2H3,(H,16,18)(H,19,20). The number of aliphatic carboxylic acids is 1. The van der Waals surface area contributed by atoms with Gasteiger partial charge in [0, 0.05) is 20.1 Å². The number of rotatable bonds is 10. The largest absolute Gasteiger partial charge is 0.480 e. The fraction of sp³-hybridized carbons (Fsp3) is 0.467. The molecule has 9 heteroatoms. The molecule has 1 unspecified atom stereocenters. The maximum absolute atomic E-state index is 12.3. The molecule has 24 heavy (non-hydrogen) atoms. The number of anilines is 1. The van der Waals surface area contributed by atoms with Gasteiger partial charge in [-0.15, -0.1) is 0 Å². The molecule has 0 saturated heterocycles. The van der Waals surface area contributed by atoms with Gasteiger partial charge in [-0.1, -0.05) is 19.1 Å². The fourth-order valence-corrected chi connectivity index (χ4v) is 3.14. The molecule has 1 atom stereocenters. The van der Waals surface area contributed by atoms with Gasteiger partial charge in [-0.3, -0.25) is 9.52 Å². The molecule has 0 aliphatic rings. The van der Waals surface area contributed by atoms with Crippen molar-refractivity contribution in [2.24, 2.45) is 0 Å². The summed E-state index contributed by atoms with van der Waals surface area (Å²) in [5, 5.41) is 11.5. The van der Waals surface area contributed by atoms with Crippen molar-refractivity contribution >= 4 is 27.6 Å². The zero-order valence-corrected chi connectivity index (χ0v) is 14.4. The summed E-state index contributed by atoms with van der Waals surface area (Å²) in [6.45, 7) is 1.90. The lowest BCUT2D eigenvalue weighted by Gasteiger charge is -2.16. The third-order valence-corrected chi connectivity index (χ3v) is 4.60. The van der Waals surface area contributed by atoms with Gasteiger partial charge in [0.1, 0.15) is 6.04 Å². The Morgan fingerprint density at radius 2 is 1.96 bits per heavy atom. The topological polar surface area (TPSA) is 122 Å². The Morgan fingerprint density at radius 3 is 2.54 bits per heavy atom. The van der Waals surface area contributed by atoms with Crippen molar-refractivity contribution in [2.75, 3.05) is 24.2 Å². The first-order valence-electron chi connectivity index (χ1n) is 7.42. The molecule has 0 aliphatic carbocycles. The lowest BCUT2D eigenvalue weighted by Crippen LogP contribution is -2.41. The molecule has 0 bridgehead atoms. The van der Waals surface area contributed by atoms with Crippen LogP contribution in [0.1, 0.15) is 30.1 Å². The number of hydrogen-bond acceptors (Lipinski definition) is 5. The van der Waals surface area contributed by atoms with Crippen LogP contribution in [0.5, 0.6) is 0 Å². The highest BCUT2D eigenvalue weighted by atomic mass is 32.2.